The molecule has 1 aromatic heterocycles. The number of carbonyl (C=O) groups excluding carboxylic acids is 1. The van der Waals surface area contributed by atoms with Crippen LogP contribution in [0.15, 0.2) is 23.6 Å². The van der Waals surface area contributed by atoms with Gasteiger partial charge in [0.15, 0.2) is 0 Å². The molecule has 3 nitrogen and oxygen atoms in total. The van der Waals surface area contributed by atoms with Gasteiger partial charge in [-0.05, 0) is 43.6 Å². The van der Waals surface area contributed by atoms with Gasteiger partial charge >= 0.3 is 0 Å². The van der Waals surface area contributed by atoms with Gasteiger partial charge in [0.1, 0.15) is 0 Å². The topological polar surface area (TPSA) is 38.3 Å². The van der Waals surface area contributed by atoms with Crippen LogP contribution in [0.25, 0.3) is 10.1 Å². The molecule has 1 N–H and O–H groups in total. The zero-order valence-corrected chi connectivity index (χ0v) is 14.9. The van der Waals surface area contributed by atoms with Crippen LogP contribution in [0.2, 0.25) is 0 Å². The minimum absolute atomic E-state index is 0.00862. The van der Waals surface area contributed by atoms with E-state index in [1.54, 1.807) is 11.3 Å². The van der Waals surface area contributed by atoms with E-state index in [4.69, 9.17) is 4.74 Å². The van der Waals surface area contributed by atoms with E-state index in [0.29, 0.717) is 0 Å². The fourth-order valence-corrected chi connectivity index (χ4v) is 6.00. The van der Waals surface area contributed by atoms with E-state index in [9.17, 15) is 4.79 Å². The van der Waals surface area contributed by atoms with Crippen molar-refractivity contribution in [3.05, 3.63) is 34.7 Å². The van der Waals surface area contributed by atoms with Crippen LogP contribution in [0.5, 0.6) is 0 Å². The van der Waals surface area contributed by atoms with Crippen LogP contribution in [-0.4, -0.2) is 35.7 Å². The molecule has 2 aromatic rings. The quantitative estimate of drug-likeness (QED) is 0.892. The summed E-state index contributed by atoms with van der Waals surface area (Å²) in [6.07, 6.45) is 2.98. The average Bonchev–Trinajstić information content (AvgIpc) is 3.14. The van der Waals surface area contributed by atoms with E-state index < -0.39 is 0 Å². The summed E-state index contributed by atoms with van der Waals surface area (Å²) in [7, 11) is 0. The average molecular weight is 348 g/mol. The molecule has 3 heterocycles. The summed E-state index contributed by atoms with van der Waals surface area (Å²) in [4.78, 5) is 12.7. The Morgan fingerprint density at radius 1 is 1.43 bits per heavy atom. The normalized spacial score (nSPS) is 27.6. The van der Waals surface area contributed by atoms with E-state index in [2.05, 4.69) is 30.4 Å². The molecule has 0 saturated carbocycles. The number of hydrogen-bond acceptors (Lipinski definition) is 4. The van der Waals surface area contributed by atoms with Crippen molar-refractivity contribution >= 4 is 39.1 Å². The molecule has 4 rings (SSSR count). The highest BCUT2D eigenvalue weighted by atomic mass is 32.2. The predicted octanol–water partition coefficient (Wildman–Crippen LogP) is 3.99. The maximum atomic E-state index is 12.7. The number of carbonyl (C=O) groups is 1. The summed E-state index contributed by atoms with van der Waals surface area (Å²) in [5.41, 5.74) is 2.05. The Morgan fingerprint density at radius 3 is 3.17 bits per heavy atom. The van der Waals surface area contributed by atoms with Crippen LogP contribution < -0.4 is 5.32 Å². The number of thioether (sulfide) groups is 1. The van der Waals surface area contributed by atoms with E-state index in [0.717, 1.165) is 42.6 Å². The molecular weight excluding hydrogens is 326 g/mol. The van der Waals surface area contributed by atoms with Gasteiger partial charge in [0.25, 0.3) is 5.91 Å². The first kappa shape index (κ1) is 15.5. The van der Waals surface area contributed by atoms with Gasteiger partial charge in [0, 0.05) is 33.9 Å². The number of ether oxygens (including phenoxy) is 1. The van der Waals surface area contributed by atoms with Crippen molar-refractivity contribution < 1.29 is 9.53 Å². The molecule has 5 heteroatoms. The highest BCUT2D eigenvalue weighted by Crippen LogP contribution is 2.38. The van der Waals surface area contributed by atoms with Crippen LogP contribution in [0.1, 0.15) is 35.2 Å². The number of benzene rings is 1. The van der Waals surface area contributed by atoms with Gasteiger partial charge in [-0.1, -0.05) is 12.1 Å². The van der Waals surface area contributed by atoms with Crippen LogP contribution in [0, 0.1) is 6.92 Å². The lowest BCUT2D eigenvalue weighted by molar-refractivity contribution is -0.0688. The first-order chi connectivity index (χ1) is 11.2. The second-order valence-corrected chi connectivity index (χ2v) is 8.66. The van der Waals surface area contributed by atoms with Crippen molar-refractivity contribution in [1.29, 1.82) is 0 Å². The Balaban J connectivity index is 1.50. The largest absolute Gasteiger partial charge is 0.374 e. The van der Waals surface area contributed by atoms with Gasteiger partial charge in [-0.2, -0.15) is 11.8 Å². The van der Waals surface area contributed by atoms with Crippen molar-refractivity contribution in [2.24, 2.45) is 0 Å². The Morgan fingerprint density at radius 2 is 2.35 bits per heavy atom. The Labute approximate surface area is 144 Å². The molecule has 122 valence electrons. The zero-order valence-electron chi connectivity index (χ0n) is 13.3. The summed E-state index contributed by atoms with van der Waals surface area (Å²) in [5.74, 6) is 2.31. The van der Waals surface area contributed by atoms with E-state index in [1.165, 1.54) is 16.0 Å². The van der Waals surface area contributed by atoms with Crippen molar-refractivity contribution in [1.82, 2.24) is 5.32 Å². The third kappa shape index (κ3) is 3.02. The lowest BCUT2D eigenvalue weighted by Gasteiger charge is -2.38. The number of amides is 1. The Bertz CT molecular complexity index is 734. The van der Waals surface area contributed by atoms with Crippen molar-refractivity contribution in [3.8, 4) is 0 Å². The fraction of sp³-hybridized carbons (Fsp3) is 0.500. The lowest BCUT2D eigenvalue weighted by Crippen LogP contribution is -2.48. The van der Waals surface area contributed by atoms with Gasteiger partial charge in [-0.25, -0.2) is 0 Å². The number of thiophene rings is 1. The van der Waals surface area contributed by atoms with Crippen molar-refractivity contribution in [2.75, 3.05) is 18.1 Å². The van der Waals surface area contributed by atoms with Crippen LogP contribution >= 0.6 is 23.1 Å². The Kier molecular flexibility index (Phi) is 4.12. The number of fused-ring (bicyclic) bond motifs is 1. The van der Waals surface area contributed by atoms with Gasteiger partial charge in [0.2, 0.25) is 0 Å². The maximum absolute atomic E-state index is 12.7. The van der Waals surface area contributed by atoms with Gasteiger partial charge in [0.05, 0.1) is 11.2 Å². The van der Waals surface area contributed by atoms with Crippen molar-refractivity contribution in [3.63, 3.8) is 0 Å². The molecule has 0 bridgehead atoms. The molecule has 2 atom stereocenters. The molecule has 2 aliphatic rings. The maximum Gasteiger partial charge on any atom is 0.252 e. The second kappa shape index (κ2) is 6.11. The molecular formula is C18H21NO2S2. The predicted molar refractivity (Wildman–Crippen MR) is 97.7 cm³/mol. The highest BCUT2D eigenvalue weighted by Gasteiger charge is 2.40. The number of hydrogen-bond donors (Lipinski definition) is 1. The Hall–Kier alpha value is -1.04. The van der Waals surface area contributed by atoms with Crippen LogP contribution in [-0.2, 0) is 4.74 Å². The third-order valence-corrected chi connectivity index (χ3v) is 7.04. The van der Waals surface area contributed by atoms with E-state index in [-0.39, 0.29) is 17.6 Å². The fourth-order valence-electron chi connectivity index (χ4n) is 3.59. The SMILES string of the molecule is Cc1ccc2c(C(=O)N[C@@H]3CCO[C@@]4(CCSC4)C3)csc2c1. The summed E-state index contributed by atoms with van der Waals surface area (Å²) in [6.45, 7) is 2.84. The smallest absolute Gasteiger partial charge is 0.252 e. The first-order valence-electron chi connectivity index (χ1n) is 8.16. The molecule has 0 radical (unpaired) electrons. The molecule has 2 aliphatic heterocycles. The first-order valence-corrected chi connectivity index (χ1v) is 10.2. The summed E-state index contributed by atoms with van der Waals surface area (Å²) < 4.78 is 7.23. The van der Waals surface area contributed by atoms with Gasteiger partial charge in [-0.3, -0.25) is 4.79 Å². The van der Waals surface area contributed by atoms with Crippen LogP contribution in [0.3, 0.4) is 0 Å². The molecule has 0 aliphatic carbocycles. The van der Waals surface area contributed by atoms with Gasteiger partial charge in [-0.15, -0.1) is 11.3 Å². The summed E-state index contributed by atoms with van der Waals surface area (Å²) >= 11 is 3.61. The molecule has 23 heavy (non-hydrogen) atoms. The molecule has 2 fully saturated rings. The number of aryl methyl sites for hydroxylation is 1. The van der Waals surface area contributed by atoms with E-state index in [1.807, 2.05) is 17.1 Å². The molecule has 1 spiro atoms. The standard InChI is InChI=1S/C18H21NO2S2/c1-12-2-3-14-15(10-23-16(14)8-12)17(20)19-13-4-6-21-18(9-13)5-7-22-11-18/h2-3,8,10,13H,4-7,9,11H2,1H3,(H,19,20)/t13-,18+/m1/s1. The molecule has 1 amide bonds. The minimum atomic E-state index is 0.00862. The third-order valence-electron chi connectivity index (χ3n) is 4.87. The van der Waals surface area contributed by atoms with Crippen molar-refractivity contribution in [2.45, 2.75) is 37.8 Å². The second-order valence-electron chi connectivity index (χ2n) is 6.65. The summed E-state index contributed by atoms with van der Waals surface area (Å²) in [5, 5.41) is 6.31. The molecule has 2 saturated heterocycles. The molecule has 0 unspecified atom stereocenters. The minimum Gasteiger partial charge on any atom is -0.374 e. The van der Waals surface area contributed by atoms with Crippen LogP contribution in [0.4, 0.5) is 0 Å². The number of nitrogens with one attached hydrogen (secondary N) is 1. The summed E-state index contributed by atoms with van der Waals surface area (Å²) in [6, 6.07) is 6.52. The zero-order chi connectivity index (χ0) is 15.9. The molecule has 1 aromatic carbocycles. The monoisotopic (exact) mass is 347 g/mol. The number of rotatable bonds is 2. The highest BCUT2D eigenvalue weighted by molar-refractivity contribution is 7.99. The lowest BCUT2D eigenvalue weighted by atomic mass is 9.89. The van der Waals surface area contributed by atoms with E-state index >= 15 is 0 Å². The van der Waals surface area contributed by atoms with Gasteiger partial charge < -0.3 is 10.1 Å².